The molecule has 0 aliphatic carbocycles. The van der Waals surface area contributed by atoms with Crippen molar-refractivity contribution in [2.75, 3.05) is 13.1 Å². The van der Waals surface area contributed by atoms with Gasteiger partial charge in [-0.3, -0.25) is 0 Å². The smallest absolute Gasteiger partial charge is 0.00669 e. The van der Waals surface area contributed by atoms with Gasteiger partial charge in [0.1, 0.15) is 0 Å². The number of rotatable bonds is 3. The van der Waals surface area contributed by atoms with E-state index >= 15 is 0 Å². The highest BCUT2D eigenvalue weighted by Crippen LogP contribution is 2.24. The Hall–Kier alpha value is -0.0400. The molecule has 0 amide bonds. The van der Waals surface area contributed by atoms with Crippen LogP contribution in [0.5, 0.6) is 0 Å². The third kappa shape index (κ3) is 2.98. The molecule has 0 bridgehead atoms. The largest absolute Gasteiger partial charge is 0.300 e. The van der Waals surface area contributed by atoms with Crippen molar-refractivity contribution in [3.05, 3.63) is 0 Å². The van der Waals surface area contributed by atoms with Gasteiger partial charge in [-0.05, 0) is 38.1 Å². The molecule has 0 radical (unpaired) electrons. The van der Waals surface area contributed by atoms with Gasteiger partial charge in [-0.1, -0.05) is 27.2 Å². The Bertz CT molecular complexity index is 144. The lowest BCUT2D eigenvalue weighted by atomic mass is 9.88. The highest BCUT2D eigenvalue weighted by Gasteiger charge is 2.24. The van der Waals surface area contributed by atoms with Crippen LogP contribution < -0.4 is 0 Å². The van der Waals surface area contributed by atoms with Gasteiger partial charge in [0.15, 0.2) is 0 Å². The van der Waals surface area contributed by atoms with Gasteiger partial charge in [0.2, 0.25) is 0 Å². The molecule has 13 heavy (non-hydrogen) atoms. The SMILES string of the molecule is CCCC(C)N1CCC(C)C(C)C1. The number of piperidine rings is 1. The second-order valence-corrected chi connectivity index (χ2v) is 4.88. The summed E-state index contributed by atoms with van der Waals surface area (Å²) in [4.78, 5) is 2.67. The van der Waals surface area contributed by atoms with Gasteiger partial charge >= 0.3 is 0 Å². The fourth-order valence-corrected chi connectivity index (χ4v) is 2.30. The van der Waals surface area contributed by atoms with Gasteiger partial charge < -0.3 is 4.90 Å². The third-order valence-corrected chi connectivity index (χ3v) is 3.70. The van der Waals surface area contributed by atoms with E-state index in [0.717, 1.165) is 17.9 Å². The summed E-state index contributed by atoms with van der Waals surface area (Å²) in [6.45, 7) is 12.1. The number of hydrogen-bond donors (Lipinski definition) is 0. The summed E-state index contributed by atoms with van der Waals surface area (Å²) in [6, 6.07) is 0.806. The minimum absolute atomic E-state index is 0.806. The van der Waals surface area contributed by atoms with Crippen LogP contribution in [-0.2, 0) is 0 Å². The highest BCUT2D eigenvalue weighted by molar-refractivity contribution is 4.78. The van der Waals surface area contributed by atoms with E-state index in [-0.39, 0.29) is 0 Å². The van der Waals surface area contributed by atoms with Gasteiger partial charge in [-0.2, -0.15) is 0 Å². The van der Waals surface area contributed by atoms with E-state index < -0.39 is 0 Å². The number of hydrogen-bond acceptors (Lipinski definition) is 1. The average molecular weight is 183 g/mol. The first-order valence-electron chi connectivity index (χ1n) is 5.89. The molecule has 78 valence electrons. The quantitative estimate of drug-likeness (QED) is 0.649. The fourth-order valence-electron chi connectivity index (χ4n) is 2.30. The van der Waals surface area contributed by atoms with Crippen LogP contribution >= 0.6 is 0 Å². The first-order valence-corrected chi connectivity index (χ1v) is 5.89. The molecule has 1 nitrogen and oxygen atoms in total. The Morgan fingerprint density at radius 2 is 2.00 bits per heavy atom. The molecule has 0 aromatic carbocycles. The lowest BCUT2D eigenvalue weighted by Crippen LogP contribution is -2.43. The van der Waals surface area contributed by atoms with Gasteiger partial charge in [-0.25, -0.2) is 0 Å². The predicted molar refractivity (Wildman–Crippen MR) is 58.9 cm³/mol. The molecule has 0 saturated carbocycles. The average Bonchev–Trinajstić information content (AvgIpc) is 2.10. The standard InChI is InChI=1S/C12H25N/c1-5-6-12(4)13-8-7-10(2)11(3)9-13/h10-12H,5-9H2,1-4H3. The fraction of sp³-hybridized carbons (Fsp3) is 1.00. The minimum Gasteiger partial charge on any atom is -0.300 e. The Kier molecular flexibility index (Phi) is 4.24. The molecular formula is C12H25N. The van der Waals surface area contributed by atoms with E-state index in [1.165, 1.54) is 32.4 Å². The highest BCUT2D eigenvalue weighted by atomic mass is 15.2. The van der Waals surface area contributed by atoms with Gasteiger partial charge in [0.25, 0.3) is 0 Å². The molecular weight excluding hydrogens is 158 g/mol. The zero-order valence-electron chi connectivity index (χ0n) is 9.71. The van der Waals surface area contributed by atoms with Crippen molar-refractivity contribution >= 4 is 0 Å². The van der Waals surface area contributed by atoms with E-state index in [4.69, 9.17) is 0 Å². The van der Waals surface area contributed by atoms with Crippen LogP contribution in [0.25, 0.3) is 0 Å². The molecule has 1 heteroatoms. The predicted octanol–water partition coefficient (Wildman–Crippen LogP) is 3.15. The summed E-state index contributed by atoms with van der Waals surface area (Å²) in [7, 11) is 0. The molecule has 1 aliphatic rings. The van der Waals surface area contributed by atoms with Crippen LogP contribution in [0, 0.1) is 11.8 Å². The first kappa shape index (κ1) is 11.0. The van der Waals surface area contributed by atoms with E-state index in [2.05, 4.69) is 32.6 Å². The molecule has 1 fully saturated rings. The summed E-state index contributed by atoms with van der Waals surface area (Å²) in [5, 5.41) is 0. The first-order chi connectivity index (χ1) is 6.15. The van der Waals surface area contributed by atoms with Crippen LogP contribution in [0.3, 0.4) is 0 Å². The summed E-state index contributed by atoms with van der Waals surface area (Å²) in [5.74, 6) is 1.83. The van der Waals surface area contributed by atoms with Crippen molar-refractivity contribution < 1.29 is 0 Å². The monoisotopic (exact) mass is 183 g/mol. The van der Waals surface area contributed by atoms with E-state index in [1.807, 2.05) is 0 Å². The Labute approximate surface area is 83.5 Å². The number of likely N-dealkylation sites (tertiary alicyclic amines) is 1. The molecule has 3 unspecified atom stereocenters. The van der Waals surface area contributed by atoms with E-state index in [9.17, 15) is 0 Å². The molecule has 0 aromatic heterocycles. The maximum Gasteiger partial charge on any atom is 0.00669 e. The molecule has 1 rings (SSSR count). The van der Waals surface area contributed by atoms with Crippen LogP contribution in [0.4, 0.5) is 0 Å². The molecule has 1 heterocycles. The molecule has 1 saturated heterocycles. The van der Waals surface area contributed by atoms with Gasteiger partial charge in [-0.15, -0.1) is 0 Å². The summed E-state index contributed by atoms with van der Waals surface area (Å²) in [5.41, 5.74) is 0. The zero-order chi connectivity index (χ0) is 9.84. The van der Waals surface area contributed by atoms with Crippen LogP contribution in [0.15, 0.2) is 0 Å². The second-order valence-electron chi connectivity index (χ2n) is 4.88. The van der Waals surface area contributed by atoms with Crippen molar-refractivity contribution in [2.45, 2.75) is 53.0 Å². The van der Waals surface area contributed by atoms with Crippen molar-refractivity contribution in [3.8, 4) is 0 Å². The van der Waals surface area contributed by atoms with E-state index in [1.54, 1.807) is 0 Å². The topological polar surface area (TPSA) is 3.24 Å². The number of nitrogens with zero attached hydrogens (tertiary/aromatic N) is 1. The molecule has 1 aliphatic heterocycles. The lowest BCUT2D eigenvalue weighted by molar-refractivity contribution is 0.0984. The summed E-state index contributed by atoms with van der Waals surface area (Å²) >= 11 is 0. The zero-order valence-corrected chi connectivity index (χ0v) is 9.71. The molecule has 0 spiro atoms. The summed E-state index contributed by atoms with van der Waals surface area (Å²) < 4.78 is 0. The van der Waals surface area contributed by atoms with Crippen molar-refractivity contribution in [1.29, 1.82) is 0 Å². The molecule has 0 aromatic rings. The Morgan fingerprint density at radius 3 is 2.54 bits per heavy atom. The lowest BCUT2D eigenvalue weighted by Gasteiger charge is -2.38. The maximum absolute atomic E-state index is 2.67. The van der Waals surface area contributed by atoms with E-state index in [0.29, 0.717) is 0 Å². The maximum atomic E-state index is 2.67. The molecule has 3 atom stereocenters. The van der Waals surface area contributed by atoms with Gasteiger partial charge in [0.05, 0.1) is 0 Å². The Morgan fingerprint density at radius 1 is 1.31 bits per heavy atom. The van der Waals surface area contributed by atoms with Crippen molar-refractivity contribution in [3.63, 3.8) is 0 Å². The third-order valence-electron chi connectivity index (χ3n) is 3.70. The van der Waals surface area contributed by atoms with Gasteiger partial charge in [0, 0.05) is 12.6 Å². The van der Waals surface area contributed by atoms with Crippen LogP contribution in [0.1, 0.15) is 47.0 Å². The normalized spacial score (nSPS) is 33.2. The second kappa shape index (κ2) is 4.99. The van der Waals surface area contributed by atoms with Crippen LogP contribution in [0.2, 0.25) is 0 Å². The van der Waals surface area contributed by atoms with Crippen molar-refractivity contribution in [1.82, 2.24) is 4.90 Å². The minimum atomic E-state index is 0.806. The Balaban J connectivity index is 2.36. The van der Waals surface area contributed by atoms with Crippen LogP contribution in [-0.4, -0.2) is 24.0 Å². The van der Waals surface area contributed by atoms with Crippen molar-refractivity contribution in [2.24, 2.45) is 11.8 Å². The summed E-state index contributed by atoms with van der Waals surface area (Å²) in [6.07, 6.45) is 4.08. The molecule has 0 N–H and O–H groups in total.